The first-order chi connectivity index (χ1) is 8.70. The van der Waals surface area contributed by atoms with Gasteiger partial charge in [0, 0.05) is 0 Å². The minimum absolute atomic E-state index is 0.0382. The van der Waals surface area contributed by atoms with Crippen LogP contribution in [-0.4, -0.2) is 15.9 Å². The van der Waals surface area contributed by atoms with Gasteiger partial charge in [-0.25, -0.2) is 0 Å². The highest BCUT2D eigenvalue weighted by atomic mass is 31.2. The Hall–Kier alpha value is 0.310. The minimum atomic E-state index is -2.19. The summed E-state index contributed by atoms with van der Waals surface area (Å²) in [6.45, 7) is 4.34. The smallest absolute Gasteiger partial charge is 0.327 e. The topological polar surface area (TPSA) is 49.7 Å². The van der Waals surface area contributed by atoms with Crippen LogP contribution in [0.1, 0.15) is 84.5 Å². The Kier molecular flexibility index (Phi) is 14.0. The maximum Gasteiger partial charge on any atom is 0.327 e. The third-order valence-corrected chi connectivity index (χ3v) is 3.72. The van der Waals surface area contributed by atoms with Gasteiger partial charge in [-0.2, -0.15) is 0 Å². The van der Waals surface area contributed by atoms with Crippen molar-refractivity contribution in [3.8, 4) is 0 Å². The highest BCUT2D eigenvalue weighted by Crippen LogP contribution is 2.30. The fourth-order valence-electron chi connectivity index (χ4n) is 2.21. The highest BCUT2D eigenvalue weighted by Gasteiger charge is 2.12. The molecule has 1 unspecified atom stereocenters. The Morgan fingerprint density at radius 1 is 0.778 bits per heavy atom. The maximum absolute atomic E-state index is 8.87. The van der Waals surface area contributed by atoms with E-state index in [-0.39, 0.29) is 6.10 Å². The molecule has 4 heteroatoms. The van der Waals surface area contributed by atoms with Crippen LogP contribution in [0, 0.1) is 0 Å². The van der Waals surface area contributed by atoms with E-state index in [2.05, 4.69) is 13.8 Å². The van der Waals surface area contributed by atoms with Gasteiger partial charge >= 0.3 is 8.60 Å². The number of unbranched alkanes of at least 4 members (excludes halogenated alkanes) is 7. The molecule has 0 aliphatic rings. The molecule has 1 atom stereocenters. The van der Waals surface area contributed by atoms with E-state index in [1.54, 1.807) is 0 Å². The fraction of sp³-hybridized carbons (Fsp3) is 1.00. The average Bonchev–Trinajstić information content (AvgIpc) is 2.32. The van der Waals surface area contributed by atoms with Crippen LogP contribution in [-0.2, 0) is 4.52 Å². The number of hydrogen-bond acceptors (Lipinski definition) is 3. The van der Waals surface area contributed by atoms with E-state index < -0.39 is 8.60 Å². The lowest BCUT2D eigenvalue weighted by Gasteiger charge is -2.16. The molecule has 18 heavy (non-hydrogen) atoms. The molecule has 0 aromatic heterocycles. The molecule has 0 saturated heterocycles. The minimum Gasteiger partial charge on any atom is -0.328 e. The van der Waals surface area contributed by atoms with Crippen LogP contribution in [0.4, 0.5) is 0 Å². The molecular weight excluding hydrogens is 247 g/mol. The molecule has 0 saturated carbocycles. The standard InChI is InChI=1S/C14H31O3P/c1-3-5-6-7-8-9-10-11-13-14(12-4-2)17-18(15)16/h14-16H,3-13H2,1-2H3. The Morgan fingerprint density at radius 2 is 1.33 bits per heavy atom. The van der Waals surface area contributed by atoms with Gasteiger partial charge in [-0.05, 0) is 12.8 Å². The van der Waals surface area contributed by atoms with Crippen molar-refractivity contribution in [3.63, 3.8) is 0 Å². The molecule has 0 heterocycles. The third kappa shape index (κ3) is 12.8. The fourth-order valence-corrected chi connectivity index (χ4v) is 2.69. The van der Waals surface area contributed by atoms with Crippen molar-refractivity contribution < 1.29 is 14.3 Å². The summed E-state index contributed by atoms with van der Waals surface area (Å²) in [4.78, 5) is 17.7. The molecule has 2 N–H and O–H groups in total. The van der Waals surface area contributed by atoms with E-state index >= 15 is 0 Å². The molecule has 110 valence electrons. The lowest BCUT2D eigenvalue weighted by atomic mass is 10.0. The largest absolute Gasteiger partial charge is 0.328 e. The second kappa shape index (κ2) is 13.7. The second-order valence-corrected chi connectivity index (χ2v) is 5.75. The molecule has 0 aromatic carbocycles. The van der Waals surface area contributed by atoms with E-state index in [0.717, 1.165) is 25.7 Å². The average molecular weight is 278 g/mol. The Bertz CT molecular complexity index is 165. The molecular formula is C14H31O3P. The van der Waals surface area contributed by atoms with Crippen LogP contribution in [0.2, 0.25) is 0 Å². The van der Waals surface area contributed by atoms with Gasteiger partial charge in [0.25, 0.3) is 0 Å². The summed E-state index contributed by atoms with van der Waals surface area (Å²) >= 11 is 0. The first kappa shape index (κ1) is 18.3. The van der Waals surface area contributed by atoms with Gasteiger partial charge < -0.3 is 14.3 Å². The SMILES string of the molecule is CCCCCCCCCCC(CCC)OP(O)O. The second-order valence-electron chi connectivity index (χ2n) is 5.03. The molecule has 0 amide bonds. The van der Waals surface area contributed by atoms with E-state index in [1.807, 2.05) is 0 Å². The van der Waals surface area contributed by atoms with Crippen LogP contribution in [0.15, 0.2) is 0 Å². The van der Waals surface area contributed by atoms with Gasteiger partial charge in [0.15, 0.2) is 0 Å². The predicted octanol–water partition coefficient (Wildman–Crippen LogP) is 4.91. The summed E-state index contributed by atoms with van der Waals surface area (Å²) in [5.41, 5.74) is 0. The van der Waals surface area contributed by atoms with Crippen molar-refractivity contribution in [1.29, 1.82) is 0 Å². The normalized spacial score (nSPS) is 13.2. The van der Waals surface area contributed by atoms with Crippen molar-refractivity contribution in [1.82, 2.24) is 0 Å². The number of rotatable bonds is 13. The van der Waals surface area contributed by atoms with Gasteiger partial charge in [-0.1, -0.05) is 71.6 Å². The predicted molar refractivity (Wildman–Crippen MR) is 78.4 cm³/mol. The number of hydrogen-bond donors (Lipinski definition) is 2. The van der Waals surface area contributed by atoms with Crippen molar-refractivity contribution >= 4 is 8.60 Å². The van der Waals surface area contributed by atoms with Gasteiger partial charge in [-0.15, -0.1) is 0 Å². The molecule has 0 aliphatic carbocycles. The molecule has 0 aromatic rings. The van der Waals surface area contributed by atoms with Crippen molar-refractivity contribution in [2.45, 2.75) is 90.6 Å². The zero-order valence-corrected chi connectivity index (χ0v) is 13.0. The van der Waals surface area contributed by atoms with Gasteiger partial charge in [0.2, 0.25) is 0 Å². The maximum atomic E-state index is 8.87. The van der Waals surface area contributed by atoms with E-state index in [0.29, 0.717) is 0 Å². The molecule has 0 radical (unpaired) electrons. The van der Waals surface area contributed by atoms with Crippen LogP contribution >= 0.6 is 8.60 Å². The lowest BCUT2D eigenvalue weighted by Crippen LogP contribution is -2.09. The first-order valence-electron chi connectivity index (χ1n) is 7.55. The van der Waals surface area contributed by atoms with E-state index in [1.165, 1.54) is 44.9 Å². The summed E-state index contributed by atoms with van der Waals surface area (Å²) in [6.07, 6.45) is 13.4. The first-order valence-corrected chi connectivity index (χ1v) is 8.71. The van der Waals surface area contributed by atoms with Crippen molar-refractivity contribution in [3.05, 3.63) is 0 Å². The zero-order chi connectivity index (χ0) is 13.6. The summed E-state index contributed by atoms with van der Waals surface area (Å²) in [5.74, 6) is 0. The Morgan fingerprint density at radius 3 is 1.83 bits per heavy atom. The van der Waals surface area contributed by atoms with Crippen LogP contribution in [0.25, 0.3) is 0 Å². The van der Waals surface area contributed by atoms with E-state index in [9.17, 15) is 0 Å². The van der Waals surface area contributed by atoms with Gasteiger partial charge in [0.1, 0.15) is 0 Å². The van der Waals surface area contributed by atoms with Crippen molar-refractivity contribution in [2.75, 3.05) is 0 Å². The highest BCUT2D eigenvalue weighted by molar-refractivity contribution is 7.39. The van der Waals surface area contributed by atoms with E-state index in [4.69, 9.17) is 14.3 Å². The molecule has 3 nitrogen and oxygen atoms in total. The van der Waals surface area contributed by atoms with Gasteiger partial charge in [-0.3, -0.25) is 0 Å². The van der Waals surface area contributed by atoms with Crippen LogP contribution in [0.5, 0.6) is 0 Å². The summed E-state index contributed by atoms with van der Waals surface area (Å²) in [6, 6.07) is 0. The Balaban J connectivity index is 3.37. The van der Waals surface area contributed by atoms with Crippen LogP contribution in [0.3, 0.4) is 0 Å². The zero-order valence-electron chi connectivity index (χ0n) is 12.1. The molecule has 0 aliphatic heterocycles. The summed E-state index contributed by atoms with van der Waals surface area (Å²) < 4.78 is 5.13. The summed E-state index contributed by atoms with van der Waals surface area (Å²) in [5, 5.41) is 0. The van der Waals surface area contributed by atoms with Gasteiger partial charge in [0.05, 0.1) is 6.10 Å². The molecule has 0 spiro atoms. The third-order valence-electron chi connectivity index (χ3n) is 3.23. The van der Waals surface area contributed by atoms with Crippen LogP contribution < -0.4 is 0 Å². The van der Waals surface area contributed by atoms with Crippen molar-refractivity contribution in [2.24, 2.45) is 0 Å². The molecule has 0 fully saturated rings. The Labute approximate surface area is 114 Å². The molecule has 0 bridgehead atoms. The lowest BCUT2D eigenvalue weighted by molar-refractivity contribution is 0.150. The summed E-state index contributed by atoms with van der Waals surface area (Å²) in [7, 11) is -2.19. The monoisotopic (exact) mass is 278 g/mol. The quantitative estimate of drug-likeness (QED) is 0.371. The molecule has 0 rings (SSSR count).